The number of amides is 1. The second-order valence-corrected chi connectivity index (χ2v) is 0.898. The Hall–Kier alpha value is -1.30. The molecule has 0 fully saturated rings. The minimum atomic E-state index is -0.947. The van der Waals surface area contributed by atoms with Crippen LogP contribution in [0, 0.1) is 5.41 Å². The summed E-state index contributed by atoms with van der Waals surface area (Å²) in [5.74, 6) is 4.54. The molecule has 6 heteroatoms. The van der Waals surface area contributed by atoms with E-state index in [0.717, 1.165) is 0 Å². The number of nitrogens with two attached hydrogens (primary N) is 2. The van der Waals surface area contributed by atoms with E-state index in [1.807, 2.05) is 0 Å². The molecule has 0 rings (SSSR count). The molecule has 0 saturated heterocycles. The third kappa shape index (κ3) is 2.91. The van der Waals surface area contributed by atoms with Crippen LogP contribution in [0.3, 0.4) is 0 Å². The molecule has 0 aromatic carbocycles. The van der Waals surface area contributed by atoms with Crippen LogP contribution in [0.25, 0.3) is 0 Å². The van der Waals surface area contributed by atoms with Crippen molar-refractivity contribution in [2.45, 2.75) is 0 Å². The van der Waals surface area contributed by atoms with Crippen molar-refractivity contribution in [3.8, 4) is 0 Å². The van der Waals surface area contributed by atoms with E-state index in [-0.39, 0.29) is 0 Å². The topological polar surface area (TPSA) is 114 Å². The molecule has 0 bridgehead atoms. The van der Waals surface area contributed by atoms with Gasteiger partial charge < -0.3 is 10.5 Å². The first-order valence-corrected chi connectivity index (χ1v) is 1.69. The second kappa shape index (κ2) is 2.80. The minimum Gasteiger partial charge on any atom is -0.376 e. The summed E-state index contributed by atoms with van der Waals surface area (Å²) < 4.78 is 3.89. The van der Waals surface area contributed by atoms with Crippen LogP contribution in [0.5, 0.6) is 0 Å². The summed E-state index contributed by atoms with van der Waals surface area (Å²) in [6.45, 7) is 0. The minimum absolute atomic E-state index is 0.687. The van der Waals surface area contributed by atoms with Gasteiger partial charge in [-0.2, -0.15) is 0 Å². The summed E-state index contributed by atoms with van der Waals surface area (Å²) in [4.78, 5) is 9.94. The van der Waals surface area contributed by atoms with E-state index in [2.05, 4.69) is 16.3 Å². The lowest BCUT2D eigenvalue weighted by molar-refractivity contribution is 0.196. The highest BCUT2D eigenvalue weighted by Crippen LogP contribution is 1.68. The molecule has 0 saturated carbocycles. The second-order valence-electron chi connectivity index (χ2n) is 0.898. The predicted molar refractivity (Wildman–Crippen MR) is 25.7 cm³/mol. The van der Waals surface area contributed by atoms with Crippen LogP contribution in [0.15, 0.2) is 0 Å². The summed E-state index contributed by atoms with van der Waals surface area (Å²) in [6.07, 6.45) is -0.947. The van der Waals surface area contributed by atoms with Gasteiger partial charge in [-0.3, -0.25) is 10.8 Å². The number of hydrogen-bond donors (Lipinski definition) is 4. The van der Waals surface area contributed by atoms with Crippen molar-refractivity contribution in [2.75, 3.05) is 0 Å². The summed E-state index contributed by atoms with van der Waals surface area (Å²) in [5.41, 5.74) is 6.23. The highest BCUT2D eigenvalue weighted by Gasteiger charge is 1.97. The van der Waals surface area contributed by atoms with Crippen molar-refractivity contribution < 1.29 is 9.53 Å². The molecule has 0 heterocycles. The van der Waals surface area contributed by atoms with Crippen molar-refractivity contribution in [3.05, 3.63) is 0 Å². The zero-order valence-corrected chi connectivity index (χ0v) is 3.97. The Labute approximate surface area is 45.3 Å². The lowest BCUT2D eigenvalue weighted by Crippen LogP contribution is -2.34. The van der Waals surface area contributed by atoms with Crippen LogP contribution >= 0.6 is 0 Å². The molecule has 0 aliphatic rings. The van der Waals surface area contributed by atoms with Gasteiger partial charge in [0.15, 0.2) is 0 Å². The molecular formula is C2H6N4O2. The molecule has 46 valence electrons. The normalized spacial score (nSPS) is 7.62. The van der Waals surface area contributed by atoms with E-state index in [1.165, 1.54) is 0 Å². The lowest BCUT2D eigenvalue weighted by atomic mass is 11.1. The fraction of sp³-hybridized carbons (Fsp3) is 0. The Balaban J connectivity index is 3.40. The van der Waals surface area contributed by atoms with Gasteiger partial charge in [-0.05, 0) is 0 Å². The molecule has 0 radical (unpaired) electrons. The number of carbonyl (C=O) groups excluding carboxylic acids is 1. The molecule has 0 aliphatic carbocycles. The van der Waals surface area contributed by atoms with Gasteiger partial charge in [0.25, 0.3) is 6.02 Å². The first-order valence-electron chi connectivity index (χ1n) is 1.69. The number of hydrazine groups is 1. The molecule has 0 aromatic rings. The lowest BCUT2D eigenvalue weighted by Gasteiger charge is -1.96. The smallest absolute Gasteiger partial charge is 0.376 e. The van der Waals surface area contributed by atoms with E-state index in [9.17, 15) is 4.79 Å². The monoisotopic (exact) mass is 118 g/mol. The van der Waals surface area contributed by atoms with Crippen LogP contribution in [-0.4, -0.2) is 12.1 Å². The van der Waals surface area contributed by atoms with Crippen LogP contribution < -0.4 is 17.0 Å². The fourth-order valence-corrected chi connectivity index (χ4v) is 0.129. The van der Waals surface area contributed by atoms with E-state index in [1.54, 1.807) is 5.43 Å². The van der Waals surface area contributed by atoms with E-state index in [0.29, 0.717) is 0 Å². The average Bonchev–Trinajstić information content (AvgIpc) is 1.65. The van der Waals surface area contributed by atoms with Gasteiger partial charge in [0, 0.05) is 0 Å². The highest BCUT2D eigenvalue weighted by molar-refractivity contribution is 5.83. The number of hydrogen-bond acceptors (Lipinski definition) is 4. The molecule has 6 N–H and O–H groups in total. The van der Waals surface area contributed by atoms with Crippen LogP contribution in [0.4, 0.5) is 4.79 Å². The zero-order chi connectivity index (χ0) is 6.57. The summed E-state index contributed by atoms with van der Waals surface area (Å²) in [7, 11) is 0. The van der Waals surface area contributed by atoms with Gasteiger partial charge in [-0.1, -0.05) is 0 Å². The molecule has 0 aromatic heterocycles. The van der Waals surface area contributed by atoms with Crippen molar-refractivity contribution in [1.82, 2.24) is 5.43 Å². The molecule has 0 spiro atoms. The summed E-state index contributed by atoms with van der Waals surface area (Å²) in [5, 5.41) is 6.37. The maximum absolute atomic E-state index is 9.94. The Kier molecular flexibility index (Phi) is 2.35. The largest absolute Gasteiger partial charge is 0.429 e. The quantitative estimate of drug-likeness (QED) is 0.102. The third-order valence-electron chi connectivity index (χ3n) is 0.321. The van der Waals surface area contributed by atoms with Crippen molar-refractivity contribution in [3.63, 3.8) is 0 Å². The number of rotatable bonds is 0. The Morgan fingerprint density at radius 1 is 1.75 bits per heavy atom. The van der Waals surface area contributed by atoms with Crippen LogP contribution in [-0.2, 0) is 4.74 Å². The van der Waals surface area contributed by atoms with Gasteiger partial charge in [-0.25, -0.2) is 10.6 Å². The maximum Gasteiger partial charge on any atom is 0.429 e. The number of amidine groups is 1. The average molecular weight is 118 g/mol. The SMILES string of the molecule is N=C(N)OC(=O)NN. The standard InChI is InChI=1S/C2H6N4O2/c3-1(4)8-2(7)6-5/h5H2,(H3,3,4)(H,6,7). The first kappa shape index (κ1) is 6.70. The Morgan fingerprint density at radius 3 is 2.38 bits per heavy atom. The van der Waals surface area contributed by atoms with Gasteiger partial charge in [0.1, 0.15) is 0 Å². The van der Waals surface area contributed by atoms with Gasteiger partial charge in [-0.15, -0.1) is 0 Å². The van der Waals surface area contributed by atoms with Gasteiger partial charge in [0.05, 0.1) is 0 Å². The van der Waals surface area contributed by atoms with E-state index >= 15 is 0 Å². The number of carbonyl (C=O) groups is 1. The molecule has 1 amide bonds. The van der Waals surface area contributed by atoms with Crippen molar-refractivity contribution in [1.29, 1.82) is 5.41 Å². The van der Waals surface area contributed by atoms with Crippen LogP contribution in [0.1, 0.15) is 0 Å². The molecule has 8 heavy (non-hydrogen) atoms. The van der Waals surface area contributed by atoms with Crippen LogP contribution in [0.2, 0.25) is 0 Å². The highest BCUT2D eigenvalue weighted by atomic mass is 16.6. The number of ether oxygens (including phenoxy) is 1. The van der Waals surface area contributed by atoms with Crippen molar-refractivity contribution >= 4 is 12.1 Å². The molecule has 6 nitrogen and oxygen atoms in total. The molecular weight excluding hydrogens is 112 g/mol. The van der Waals surface area contributed by atoms with E-state index < -0.39 is 12.1 Å². The first-order chi connectivity index (χ1) is 3.66. The van der Waals surface area contributed by atoms with Gasteiger partial charge >= 0.3 is 6.09 Å². The van der Waals surface area contributed by atoms with E-state index in [4.69, 9.17) is 5.41 Å². The zero-order valence-electron chi connectivity index (χ0n) is 3.97. The summed E-state index contributed by atoms with van der Waals surface area (Å²) >= 11 is 0. The predicted octanol–water partition coefficient (Wildman–Crippen LogP) is -1.52. The Morgan fingerprint density at radius 2 is 2.25 bits per heavy atom. The molecule has 0 atom stereocenters. The maximum atomic E-state index is 9.94. The third-order valence-corrected chi connectivity index (χ3v) is 0.321. The Bertz CT molecular complexity index is 111. The summed E-state index contributed by atoms with van der Waals surface area (Å²) in [6, 6.07) is -0.687. The molecule has 0 unspecified atom stereocenters. The number of nitrogens with one attached hydrogen (secondary N) is 2. The van der Waals surface area contributed by atoms with Gasteiger partial charge in [0.2, 0.25) is 0 Å². The molecule has 0 aliphatic heterocycles. The van der Waals surface area contributed by atoms with Crippen molar-refractivity contribution in [2.24, 2.45) is 11.6 Å². The fourth-order valence-electron chi connectivity index (χ4n) is 0.129.